The summed E-state index contributed by atoms with van der Waals surface area (Å²) >= 11 is 18.1. The van der Waals surface area contributed by atoms with Crippen LogP contribution in [0.4, 0.5) is 0 Å². The maximum atomic E-state index is 6.19. The monoisotopic (exact) mass is 343 g/mol. The van der Waals surface area contributed by atoms with Crippen LogP contribution in [0, 0.1) is 0 Å². The Morgan fingerprint density at radius 2 is 1.76 bits per heavy atom. The van der Waals surface area contributed by atoms with Crippen LogP contribution in [0.25, 0.3) is 0 Å². The average molecular weight is 345 g/mol. The predicted molar refractivity (Wildman–Crippen MR) is 89.7 cm³/mol. The van der Waals surface area contributed by atoms with Crippen LogP contribution in [0.5, 0.6) is 5.75 Å². The molecular formula is C16H16Cl3NO. The lowest BCUT2D eigenvalue weighted by molar-refractivity contribution is 0.189. The summed E-state index contributed by atoms with van der Waals surface area (Å²) in [5.41, 5.74) is 7.11. The SMILES string of the molecule is CC(Oc1cccc(Cl)c1)C(N)Cc1cc(Cl)ccc1Cl. The normalized spacial score (nSPS) is 13.8. The number of hydrogen-bond donors (Lipinski definition) is 1. The summed E-state index contributed by atoms with van der Waals surface area (Å²) in [4.78, 5) is 0. The van der Waals surface area contributed by atoms with Crippen LogP contribution >= 0.6 is 34.8 Å². The number of rotatable bonds is 5. The fourth-order valence-corrected chi connectivity index (χ4v) is 2.53. The van der Waals surface area contributed by atoms with Crippen molar-refractivity contribution in [2.75, 3.05) is 0 Å². The molecule has 0 aliphatic heterocycles. The molecule has 2 unspecified atom stereocenters. The van der Waals surface area contributed by atoms with Gasteiger partial charge in [-0.25, -0.2) is 0 Å². The summed E-state index contributed by atoms with van der Waals surface area (Å²) in [5.74, 6) is 0.697. The van der Waals surface area contributed by atoms with Gasteiger partial charge in [0.1, 0.15) is 11.9 Å². The molecule has 0 aliphatic carbocycles. The van der Waals surface area contributed by atoms with Crippen LogP contribution in [-0.2, 0) is 6.42 Å². The smallest absolute Gasteiger partial charge is 0.121 e. The molecule has 0 bridgehead atoms. The first-order valence-corrected chi connectivity index (χ1v) is 7.71. The lowest BCUT2D eigenvalue weighted by atomic mass is 10.0. The van der Waals surface area contributed by atoms with Gasteiger partial charge in [0, 0.05) is 21.1 Å². The maximum Gasteiger partial charge on any atom is 0.121 e. The van der Waals surface area contributed by atoms with Crippen LogP contribution in [0.3, 0.4) is 0 Å². The van der Waals surface area contributed by atoms with E-state index in [1.807, 2.05) is 25.1 Å². The summed E-state index contributed by atoms with van der Waals surface area (Å²) < 4.78 is 5.81. The minimum absolute atomic E-state index is 0.182. The summed E-state index contributed by atoms with van der Waals surface area (Å²) in [6.07, 6.45) is 0.403. The van der Waals surface area contributed by atoms with Gasteiger partial charge in [0.2, 0.25) is 0 Å². The molecule has 5 heteroatoms. The fraction of sp³-hybridized carbons (Fsp3) is 0.250. The number of hydrogen-bond acceptors (Lipinski definition) is 2. The Bertz CT molecular complexity index is 618. The number of benzene rings is 2. The van der Waals surface area contributed by atoms with Crippen molar-refractivity contribution in [2.24, 2.45) is 5.73 Å². The van der Waals surface area contributed by atoms with E-state index in [2.05, 4.69) is 0 Å². The molecule has 0 fully saturated rings. The zero-order valence-corrected chi connectivity index (χ0v) is 13.8. The predicted octanol–water partition coefficient (Wildman–Crippen LogP) is 4.98. The second-order valence-corrected chi connectivity index (χ2v) is 6.16. The third kappa shape index (κ3) is 4.79. The summed E-state index contributed by atoms with van der Waals surface area (Å²) in [6, 6.07) is 12.4. The molecule has 0 amide bonds. The van der Waals surface area contributed by atoms with Gasteiger partial charge < -0.3 is 10.5 Å². The topological polar surface area (TPSA) is 35.2 Å². The quantitative estimate of drug-likeness (QED) is 0.830. The van der Waals surface area contributed by atoms with Crippen LogP contribution in [0.15, 0.2) is 42.5 Å². The van der Waals surface area contributed by atoms with Gasteiger partial charge in [0.25, 0.3) is 0 Å². The standard InChI is InChI=1S/C16H16Cl3NO/c1-10(21-14-4-2-3-12(17)9-14)16(20)8-11-7-13(18)5-6-15(11)19/h2-7,9-10,16H,8,20H2,1H3. The van der Waals surface area contributed by atoms with E-state index in [1.54, 1.807) is 24.3 Å². The summed E-state index contributed by atoms with van der Waals surface area (Å²) in [7, 11) is 0. The zero-order chi connectivity index (χ0) is 15.4. The molecule has 2 aromatic carbocycles. The van der Waals surface area contributed by atoms with Gasteiger partial charge in [0.15, 0.2) is 0 Å². The van der Waals surface area contributed by atoms with E-state index in [4.69, 9.17) is 45.3 Å². The highest BCUT2D eigenvalue weighted by atomic mass is 35.5. The van der Waals surface area contributed by atoms with Gasteiger partial charge in [-0.05, 0) is 55.3 Å². The molecule has 21 heavy (non-hydrogen) atoms. The third-order valence-corrected chi connectivity index (χ3v) is 4.02. The molecule has 0 aliphatic rings. The average Bonchev–Trinajstić information content (AvgIpc) is 2.43. The molecule has 2 rings (SSSR count). The minimum atomic E-state index is -0.208. The molecule has 0 aromatic heterocycles. The highest BCUT2D eigenvalue weighted by Gasteiger charge is 2.17. The Hall–Kier alpha value is -0.930. The third-order valence-electron chi connectivity index (χ3n) is 3.18. The molecule has 0 saturated carbocycles. The van der Waals surface area contributed by atoms with Crippen molar-refractivity contribution < 1.29 is 4.74 Å². The van der Waals surface area contributed by atoms with Crippen molar-refractivity contribution in [3.63, 3.8) is 0 Å². The van der Waals surface area contributed by atoms with Gasteiger partial charge in [-0.1, -0.05) is 40.9 Å². The van der Waals surface area contributed by atoms with Crippen molar-refractivity contribution in [2.45, 2.75) is 25.5 Å². The molecule has 2 N–H and O–H groups in total. The first kappa shape index (κ1) is 16.4. The molecule has 0 heterocycles. The molecule has 0 spiro atoms. The molecule has 2 aromatic rings. The second-order valence-electron chi connectivity index (χ2n) is 4.88. The van der Waals surface area contributed by atoms with E-state index < -0.39 is 0 Å². The fourth-order valence-electron chi connectivity index (χ4n) is 1.96. The van der Waals surface area contributed by atoms with Crippen LogP contribution in [-0.4, -0.2) is 12.1 Å². The highest BCUT2D eigenvalue weighted by molar-refractivity contribution is 6.33. The summed E-state index contributed by atoms with van der Waals surface area (Å²) in [5, 5.41) is 1.93. The van der Waals surface area contributed by atoms with Crippen LogP contribution in [0.1, 0.15) is 12.5 Å². The molecule has 2 nitrogen and oxygen atoms in total. The van der Waals surface area contributed by atoms with Gasteiger partial charge in [-0.3, -0.25) is 0 Å². The van der Waals surface area contributed by atoms with Crippen LogP contribution < -0.4 is 10.5 Å². The lowest BCUT2D eigenvalue weighted by Gasteiger charge is -2.22. The van der Waals surface area contributed by atoms with E-state index in [1.165, 1.54) is 0 Å². The van der Waals surface area contributed by atoms with Gasteiger partial charge >= 0.3 is 0 Å². The Labute approximate surface area is 139 Å². The zero-order valence-electron chi connectivity index (χ0n) is 11.5. The molecule has 112 valence electrons. The summed E-state index contributed by atoms with van der Waals surface area (Å²) in [6.45, 7) is 1.92. The number of nitrogens with two attached hydrogens (primary N) is 1. The number of ether oxygens (including phenoxy) is 1. The van der Waals surface area contributed by atoms with E-state index >= 15 is 0 Å². The first-order chi connectivity index (χ1) is 9.95. The molecule has 0 saturated heterocycles. The first-order valence-electron chi connectivity index (χ1n) is 6.57. The molecule has 2 atom stereocenters. The minimum Gasteiger partial charge on any atom is -0.489 e. The van der Waals surface area contributed by atoms with E-state index in [-0.39, 0.29) is 12.1 Å². The Balaban J connectivity index is 2.02. The van der Waals surface area contributed by atoms with Gasteiger partial charge in [-0.15, -0.1) is 0 Å². The largest absolute Gasteiger partial charge is 0.489 e. The lowest BCUT2D eigenvalue weighted by Crippen LogP contribution is -2.38. The molecular weight excluding hydrogens is 329 g/mol. The van der Waals surface area contributed by atoms with E-state index in [0.29, 0.717) is 27.2 Å². The van der Waals surface area contributed by atoms with Crippen molar-refractivity contribution in [3.8, 4) is 5.75 Å². The Morgan fingerprint density at radius 3 is 2.48 bits per heavy atom. The van der Waals surface area contributed by atoms with Gasteiger partial charge in [-0.2, -0.15) is 0 Å². The number of halogens is 3. The van der Waals surface area contributed by atoms with Crippen molar-refractivity contribution in [3.05, 3.63) is 63.1 Å². The molecule has 0 radical (unpaired) electrons. The van der Waals surface area contributed by atoms with Crippen molar-refractivity contribution in [1.29, 1.82) is 0 Å². The van der Waals surface area contributed by atoms with Crippen LogP contribution in [0.2, 0.25) is 15.1 Å². The van der Waals surface area contributed by atoms with E-state index in [9.17, 15) is 0 Å². The highest BCUT2D eigenvalue weighted by Crippen LogP contribution is 2.23. The maximum absolute atomic E-state index is 6.19. The van der Waals surface area contributed by atoms with Gasteiger partial charge in [0.05, 0.1) is 0 Å². The Kier molecular flexibility index (Phi) is 5.77. The van der Waals surface area contributed by atoms with E-state index in [0.717, 1.165) is 5.56 Å². The van der Waals surface area contributed by atoms with Crippen molar-refractivity contribution >= 4 is 34.8 Å². The second kappa shape index (κ2) is 7.37. The Morgan fingerprint density at radius 1 is 1.05 bits per heavy atom. The van der Waals surface area contributed by atoms with Crippen molar-refractivity contribution in [1.82, 2.24) is 0 Å².